The van der Waals surface area contributed by atoms with Crippen LogP contribution < -0.4 is 5.32 Å². The fraction of sp³-hybridized carbons (Fsp3) is 0.714. The zero-order valence-electron chi connectivity index (χ0n) is 19.4. The van der Waals surface area contributed by atoms with Crippen LogP contribution in [-0.2, 0) is 42.9 Å². The van der Waals surface area contributed by atoms with Gasteiger partial charge in [0.15, 0.2) is 12.2 Å². The van der Waals surface area contributed by atoms with Crippen molar-refractivity contribution in [3.05, 3.63) is 0 Å². The zero-order chi connectivity index (χ0) is 25.9. The van der Waals surface area contributed by atoms with Gasteiger partial charge in [-0.15, -0.1) is 0 Å². The molecule has 194 valence electrons. The number of esters is 3. The predicted octanol–water partition coefficient (Wildman–Crippen LogP) is 1.41. The van der Waals surface area contributed by atoms with Crippen molar-refractivity contribution in [1.82, 2.24) is 5.32 Å². The van der Waals surface area contributed by atoms with Crippen molar-refractivity contribution in [1.29, 1.82) is 0 Å². The van der Waals surface area contributed by atoms with Crippen molar-refractivity contribution < 1.29 is 57.9 Å². The molecule has 0 heterocycles. The first-order chi connectivity index (χ1) is 16.0. The minimum atomic E-state index is -1.33. The molecule has 0 aromatic rings. The normalized spacial score (nSPS) is 12.1. The molecule has 0 fully saturated rings. The smallest absolute Gasteiger partial charge is 0.407 e. The van der Waals surface area contributed by atoms with E-state index in [0.29, 0.717) is 19.4 Å². The average Bonchev–Trinajstić information content (AvgIpc) is 2.74. The number of alkyl carbamates (subject to hydrolysis) is 1. The Hall–Kier alpha value is -3.38. The Bertz CT molecular complexity index is 693. The van der Waals surface area contributed by atoms with E-state index in [2.05, 4.69) is 14.8 Å². The summed E-state index contributed by atoms with van der Waals surface area (Å²) in [5, 5.41) is 19.6. The number of ether oxygens (including phenoxy) is 4. The molecule has 0 rings (SSSR count). The van der Waals surface area contributed by atoms with Gasteiger partial charge in [-0.25, -0.2) is 14.4 Å². The summed E-state index contributed by atoms with van der Waals surface area (Å²) in [5.41, 5.74) is 0. The second-order valence-corrected chi connectivity index (χ2v) is 7.24. The second-order valence-electron chi connectivity index (χ2n) is 7.24. The summed E-state index contributed by atoms with van der Waals surface area (Å²) >= 11 is 0. The van der Waals surface area contributed by atoms with Crippen LogP contribution in [0.4, 0.5) is 4.79 Å². The van der Waals surface area contributed by atoms with E-state index in [1.807, 2.05) is 0 Å². The van der Waals surface area contributed by atoms with E-state index in [4.69, 9.17) is 19.7 Å². The van der Waals surface area contributed by atoms with Gasteiger partial charge in [0.2, 0.25) is 0 Å². The van der Waals surface area contributed by atoms with Crippen LogP contribution in [0, 0.1) is 0 Å². The summed E-state index contributed by atoms with van der Waals surface area (Å²) in [6.45, 7) is 2.46. The molecule has 1 amide bonds. The number of rotatable bonds is 18. The molecule has 0 spiro atoms. The lowest BCUT2D eigenvalue weighted by Gasteiger charge is -2.14. The molecule has 0 aliphatic heterocycles. The minimum absolute atomic E-state index is 0.107. The number of carboxylic acids is 2. The Morgan fingerprint density at radius 1 is 0.706 bits per heavy atom. The van der Waals surface area contributed by atoms with Crippen molar-refractivity contribution in [2.24, 2.45) is 0 Å². The fourth-order valence-corrected chi connectivity index (χ4v) is 2.34. The molecule has 0 saturated carbocycles. The van der Waals surface area contributed by atoms with E-state index in [0.717, 1.165) is 19.3 Å². The van der Waals surface area contributed by atoms with E-state index < -0.39 is 48.1 Å². The summed E-state index contributed by atoms with van der Waals surface area (Å²) < 4.78 is 19.0. The monoisotopic (exact) mass is 491 g/mol. The van der Waals surface area contributed by atoms with Crippen LogP contribution in [0.1, 0.15) is 65.2 Å². The number of hydrogen-bond donors (Lipinski definition) is 3. The first kappa shape index (κ1) is 30.6. The summed E-state index contributed by atoms with van der Waals surface area (Å²) in [4.78, 5) is 67.1. The van der Waals surface area contributed by atoms with Gasteiger partial charge >= 0.3 is 35.9 Å². The molecule has 3 N–H and O–H groups in total. The molecule has 2 atom stereocenters. The highest BCUT2D eigenvalue weighted by Crippen LogP contribution is 2.08. The SMILES string of the molecule is CC(OC(=O)C(C)OC(=O)CCCCCCCNC(=O)OCCC(=O)OCCC(=O)O)C(=O)O. The number of hydrogen-bond acceptors (Lipinski definition) is 10. The number of aliphatic carboxylic acids is 2. The lowest BCUT2D eigenvalue weighted by molar-refractivity contribution is -0.174. The van der Waals surface area contributed by atoms with Crippen LogP contribution in [0.15, 0.2) is 0 Å². The van der Waals surface area contributed by atoms with E-state index in [1.54, 1.807) is 0 Å². The Morgan fingerprint density at radius 3 is 1.97 bits per heavy atom. The Balaban J connectivity index is 3.66. The third-order valence-corrected chi connectivity index (χ3v) is 4.23. The summed E-state index contributed by atoms with van der Waals surface area (Å²) in [7, 11) is 0. The van der Waals surface area contributed by atoms with Gasteiger partial charge in [-0.1, -0.05) is 19.3 Å². The average molecular weight is 491 g/mol. The van der Waals surface area contributed by atoms with Crippen LogP contribution in [0.3, 0.4) is 0 Å². The molecule has 0 radical (unpaired) electrons. The molecular weight excluding hydrogens is 458 g/mol. The van der Waals surface area contributed by atoms with Crippen molar-refractivity contribution in [3.8, 4) is 0 Å². The van der Waals surface area contributed by atoms with Gasteiger partial charge in [0.25, 0.3) is 0 Å². The van der Waals surface area contributed by atoms with Crippen molar-refractivity contribution in [2.45, 2.75) is 77.4 Å². The van der Waals surface area contributed by atoms with Crippen molar-refractivity contribution in [2.75, 3.05) is 19.8 Å². The Morgan fingerprint density at radius 2 is 1.32 bits per heavy atom. The van der Waals surface area contributed by atoms with Gasteiger partial charge in [-0.3, -0.25) is 14.4 Å². The highest BCUT2D eigenvalue weighted by molar-refractivity contribution is 5.82. The number of carboxylic acid groups (broad SMARTS) is 2. The van der Waals surface area contributed by atoms with Crippen molar-refractivity contribution in [3.63, 3.8) is 0 Å². The first-order valence-corrected chi connectivity index (χ1v) is 10.9. The third-order valence-electron chi connectivity index (χ3n) is 4.23. The molecule has 34 heavy (non-hydrogen) atoms. The molecule has 0 aliphatic rings. The van der Waals surface area contributed by atoms with Gasteiger partial charge in [-0.2, -0.15) is 0 Å². The van der Waals surface area contributed by atoms with Gasteiger partial charge in [0, 0.05) is 13.0 Å². The summed E-state index contributed by atoms with van der Waals surface area (Å²) in [6, 6.07) is 0. The number of carbonyl (C=O) groups is 6. The predicted molar refractivity (Wildman–Crippen MR) is 114 cm³/mol. The van der Waals surface area contributed by atoms with Gasteiger partial charge in [0.05, 0.1) is 12.8 Å². The third kappa shape index (κ3) is 17.2. The maximum absolute atomic E-state index is 11.7. The van der Waals surface area contributed by atoms with Gasteiger partial charge < -0.3 is 34.5 Å². The van der Waals surface area contributed by atoms with E-state index in [-0.39, 0.29) is 32.5 Å². The standard InChI is InChI=1S/C21H33NO12/c1-14(19(27)28)34-20(29)15(2)33-18(26)8-6-4-3-5-7-11-22-21(30)32-13-10-17(25)31-12-9-16(23)24/h14-15H,3-13H2,1-2H3,(H,22,30)(H,23,24)(H,27,28). The zero-order valence-corrected chi connectivity index (χ0v) is 19.4. The quantitative estimate of drug-likeness (QED) is 0.142. The molecule has 0 aromatic heterocycles. The maximum atomic E-state index is 11.7. The number of amides is 1. The molecular formula is C21H33NO12. The molecule has 13 heteroatoms. The van der Waals surface area contributed by atoms with Crippen LogP contribution in [-0.4, -0.2) is 78.1 Å². The minimum Gasteiger partial charge on any atom is -0.481 e. The molecule has 13 nitrogen and oxygen atoms in total. The number of unbranched alkanes of at least 4 members (excludes halogenated alkanes) is 4. The Labute approximate surface area is 197 Å². The van der Waals surface area contributed by atoms with E-state index >= 15 is 0 Å². The number of carbonyl (C=O) groups excluding carboxylic acids is 4. The Kier molecular flexibility index (Phi) is 16.3. The highest BCUT2D eigenvalue weighted by atomic mass is 16.6. The first-order valence-electron chi connectivity index (χ1n) is 10.9. The van der Waals surface area contributed by atoms with Crippen LogP contribution >= 0.6 is 0 Å². The fourth-order valence-electron chi connectivity index (χ4n) is 2.34. The topological polar surface area (TPSA) is 192 Å². The van der Waals surface area contributed by atoms with Crippen molar-refractivity contribution >= 4 is 35.9 Å². The summed E-state index contributed by atoms with van der Waals surface area (Å²) in [6.07, 6.45) is 0.0134. The molecule has 0 aliphatic carbocycles. The maximum Gasteiger partial charge on any atom is 0.407 e. The lowest BCUT2D eigenvalue weighted by atomic mass is 10.1. The van der Waals surface area contributed by atoms with Crippen LogP contribution in [0.5, 0.6) is 0 Å². The van der Waals surface area contributed by atoms with E-state index in [1.165, 1.54) is 13.8 Å². The molecule has 0 bridgehead atoms. The largest absolute Gasteiger partial charge is 0.481 e. The van der Waals surface area contributed by atoms with E-state index in [9.17, 15) is 28.8 Å². The molecule has 0 aromatic carbocycles. The van der Waals surface area contributed by atoms with Crippen LogP contribution in [0.25, 0.3) is 0 Å². The molecule has 0 saturated heterocycles. The molecule has 2 unspecified atom stereocenters. The van der Waals surface area contributed by atoms with Crippen LogP contribution in [0.2, 0.25) is 0 Å². The second kappa shape index (κ2) is 18.1. The van der Waals surface area contributed by atoms with Gasteiger partial charge in [0.1, 0.15) is 13.2 Å². The summed E-state index contributed by atoms with van der Waals surface area (Å²) in [5.74, 6) is -4.54. The number of nitrogens with one attached hydrogen (secondary N) is 1. The van der Waals surface area contributed by atoms with Gasteiger partial charge in [-0.05, 0) is 26.7 Å². The highest BCUT2D eigenvalue weighted by Gasteiger charge is 2.24. The lowest BCUT2D eigenvalue weighted by Crippen LogP contribution is -2.32.